The van der Waals surface area contributed by atoms with Gasteiger partial charge in [-0.05, 0) is 24.3 Å². The molecular weight excluding hydrogens is 330 g/mol. The van der Waals surface area contributed by atoms with Gasteiger partial charge in [-0.15, -0.1) is 0 Å². The highest BCUT2D eigenvalue weighted by molar-refractivity contribution is 5.93. The van der Waals surface area contributed by atoms with Crippen molar-refractivity contribution in [3.63, 3.8) is 0 Å². The van der Waals surface area contributed by atoms with Gasteiger partial charge in [-0.3, -0.25) is 9.78 Å². The molecule has 0 saturated heterocycles. The minimum absolute atomic E-state index is 0.103. The number of para-hydroxylation sites is 1. The third kappa shape index (κ3) is 4.03. The minimum atomic E-state index is -0.103. The second-order valence-electron chi connectivity index (χ2n) is 5.67. The Balaban J connectivity index is 1.59. The van der Waals surface area contributed by atoms with Gasteiger partial charge in [-0.2, -0.15) is 0 Å². The Morgan fingerprint density at radius 1 is 1.04 bits per heavy atom. The molecule has 1 aromatic heterocycles. The van der Waals surface area contributed by atoms with Crippen LogP contribution >= 0.6 is 0 Å². The zero-order valence-electron chi connectivity index (χ0n) is 14.8. The molecule has 0 radical (unpaired) electrons. The Kier molecular flexibility index (Phi) is 5.53. The lowest BCUT2D eigenvalue weighted by Gasteiger charge is -2.12. The van der Waals surface area contributed by atoms with E-state index in [4.69, 9.17) is 9.47 Å². The Hall–Kier alpha value is -3.28. The SMILES string of the molecule is COc1ccc(NC(=O)CCNc2cccc3cccnc23)c(OC)c1. The van der Waals surface area contributed by atoms with Crippen molar-refractivity contribution in [2.45, 2.75) is 6.42 Å². The van der Waals surface area contributed by atoms with E-state index in [1.807, 2.05) is 30.3 Å². The summed E-state index contributed by atoms with van der Waals surface area (Å²) in [6.45, 7) is 0.500. The molecule has 0 spiro atoms. The largest absolute Gasteiger partial charge is 0.497 e. The fraction of sp³-hybridized carbons (Fsp3) is 0.200. The minimum Gasteiger partial charge on any atom is -0.497 e. The van der Waals surface area contributed by atoms with Crippen molar-refractivity contribution in [3.05, 3.63) is 54.7 Å². The zero-order valence-corrected chi connectivity index (χ0v) is 14.8. The first kappa shape index (κ1) is 17.5. The summed E-state index contributed by atoms with van der Waals surface area (Å²) in [4.78, 5) is 16.6. The molecule has 2 aromatic carbocycles. The molecule has 0 atom stereocenters. The van der Waals surface area contributed by atoms with E-state index in [2.05, 4.69) is 15.6 Å². The number of aromatic nitrogens is 1. The van der Waals surface area contributed by atoms with Crippen molar-refractivity contribution in [1.29, 1.82) is 0 Å². The summed E-state index contributed by atoms with van der Waals surface area (Å²) in [5, 5.41) is 7.20. The van der Waals surface area contributed by atoms with Crippen LogP contribution < -0.4 is 20.1 Å². The van der Waals surface area contributed by atoms with E-state index in [1.165, 1.54) is 0 Å². The Morgan fingerprint density at radius 2 is 1.88 bits per heavy atom. The molecule has 3 rings (SSSR count). The third-order valence-electron chi connectivity index (χ3n) is 3.98. The van der Waals surface area contributed by atoms with Crippen LogP contribution in [0, 0.1) is 0 Å². The summed E-state index contributed by atoms with van der Waals surface area (Å²) in [7, 11) is 3.14. The van der Waals surface area contributed by atoms with Gasteiger partial charge in [-0.25, -0.2) is 0 Å². The maximum absolute atomic E-state index is 12.2. The highest BCUT2D eigenvalue weighted by atomic mass is 16.5. The van der Waals surface area contributed by atoms with Crippen LogP contribution in [-0.2, 0) is 4.79 Å². The molecule has 2 N–H and O–H groups in total. The van der Waals surface area contributed by atoms with Crippen molar-refractivity contribution >= 4 is 28.2 Å². The van der Waals surface area contributed by atoms with Crippen LogP contribution in [0.15, 0.2) is 54.7 Å². The molecule has 0 aliphatic carbocycles. The molecular formula is C20H21N3O3. The second kappa shape index (κ2) is 8.20. The highest BCUT2D eigenvalue weighted by Crippen LogP contribution is 2.29. The number of hydrogen-bond acceptors (Lipinski definition) is 5. The van der Waals surface area contributed by atoms with Gasteiger partial charge in [0.05, 0.1) is 31.1 Å². The maximum Gasteiger partial charge on any atom is 0.226 e. The van der Waals surface area contributed by atoms with Crippen LogP contribution in [0.25, 0.3) is 10.9 Å². The number of hydrogen-bond donors (Lipinski definition) is 2. The van der Waals surface area contributed by atoms with E-state index in [-0.39, 0.29) is 5.91 Å². The van der Waals surface area contributed by atoms with Crippen LogP contribution in [0.1, 0.15) is 6.42 Å². The molecule has 134 valence electrons. The zero-order chi connectivity index (χ0) is 18.4. The van der Waals surface area contributed by atoms with Gasteiger partial charge in [0.2, 0.25) is 5.91 Å². The fourth-order valence-electron chi connectivity index (χ4n) is 2.67. The number of nitrogens with one attached hydrogen (secondary N) is 2. The van der Waals surface area contributed by atoms with Crippen molar-refractivity contribution in [3.8, 4) is 11.5 Å². The number of nitrogens with zero attached hydrogens (tertiary/aromatic N) is 1. The number of pyridine rings is 1. The third-order valence-corrected chi connectivity index (χ3v) is 3.98. The first-order valence-electron chi connectivity index (χ1n) is 8.31. The smallest absolute Gasteiger partial charge is 0.226 e. The van der Waals surface area contributed by atoms with E-state index >= 15 is 0 Å². The molecule has 0 saturated carbocycles. The molecule has 1 heterocycles. The molecule has 6 nitrogen and oxygen atoms in total. The predicted molar refractivity (Wildman–Crippen MR) is 103 cm³/mol. The number of anilines is 2. The summed E-state index contributed by atoms with van der Waals surface area (Å²) < 4.78 is 10.4. The molecule has 26 heavy (non-hydrogen) atoms. The van der Waals surface area contributed by atoms with Gasteiger partial charge < -0.3 is 20.1 Å². The van der Waals surface area contributed by atoms with Gasteiger partial charge in [-0.1, -0.05) is 18.2 Å². The normalized spacial score (nSPS) is 10.4. The summed E-state index contributed by atoms with van der Waals surface area (Å²) >= 11 is 0. The van der Waals surface area contributed by atoms with Gasteiger partial charge >= 0.3 is 0 Å². The average Bonchev–Trinajstić information content (AvgIpc) is 2.68. The van der Waals surface area contributed by atoms with E-state index in [0.717, 1.165) is 16.6 Å². The number of amides is 1. The van der Waals surface area contributed by atoms with Crippen molar-refractivity contribution < 1.29 is 14.3 Å². The lowest BCUT2D eigenvalue weighted by atomic mass is 10.2. The molecule has 0 fully saturated rings. The number of methoxy groups -OCH3 is 2. The van der Waals surface area contributed by atoms with Crippen molar-refractivity contribution in [2.24, 2.45) is 0 Å². The van der Waals surface area contributed by atoms with Crippen molar-refractivity contribution in [1.82, 2.24) is 4.98 Å². The molecule has 0 unspecified atom stereocenters. The molecule has 6 heteroatoms. The predicted octanol–water partition coefficient (Wildman–Crippen LogP) is 3.69. The standard InChI is InChI=1S/C20H21N3O3/c1-25-15-8-9-16(18(13-15)26-2)23-19(24)10-12-21-17-7-3-5-14-6-4-11-22-20(14)17/h3-9,11,13,21H,10,12H2,1-2H3,(H,23,24). The lowest BCUT2D eigenvalue weighted by molar-refractivity contribution is -0.116. The number of rotatable bonds is 7. The molecule has 3 aromatic rings. The quantitative estimate of drug-likeness (QED) is 0.679. The number of fused-ring (bicyclic) bond motifs is 1. The first-order valence-corrected chi connectivity index (χ1v) is 8.31. The van der Waals surface area contributed by atoms with Gasteiger partial charge in [0.15, 0.2) is 0 Å². The monoisotopic (exact) mass is 351 g/mol. The highest BCUT2D eigenvalue weighted by Gasteiger charge is 2.09. The summed E-state index contributed by atoms with van der Waals surface area (Å²) in [6, 6.07) is 15.1. The number of carbonyl (C=O) groups is 1. The van der Waals surface area contributed by atoms with E-state index in [0.29, 0.717) is 30.2 Å². The first-order chi connectivity index (χ1) is 12.7. The summed E-state index contributed by atoms with van der Waals surface area (Å²) in [5.74, 6) is 1.13. The lowest BCUT2D eigenvalue weighted by Crippen LogP contribution is -2.16. The van der Waals surface area contributed by atoms with Crippen LogP contribution in [0.2, 0.25) is 0 Å². The van der Waals surface area contributed by atoms with Gasteiger partial charge in [0.1, 0.15) is 11.5 Å². The van der Waals surface area contributed by atoms with E-state index in [9.17, 15) is 4.79 Å². The summed E-state index contributed by atoms with van der Waals surface area (Å²) in [5.41, 5.74) is 2.43. The number of ether oxygens (including phenoxy) is 2. The van der Waals surface area contributed by atoms with E-state index < -0.39 is 0 Å². The summed E-state index contributed by atoms with van der Waals surface area (Å²) in [6.07, 6.45) is 2.08. The van der Waals surface area contributed by atoms with Gasteiger partial charge in [0, 0.05) is 30.6 Å². The second-order valence-corrected chi connectivity index (χ2v) is 5.67. The fourth-order valence-corrected chi connectivity index (χ4v) is 2.67. The Labute approximate surface area is 152 Å². The van der Waals surface area contributed by atoms with Crippen LogP contribution in [0.3, 0.4) is 0 Å². The van der Waals surface area contributed by atoms with Gasteiger partial charge in [0.25, 0.3) is 0 Å². The van der Waals surface area contributed by atoms with E-state index in [1.54, 1.807) is 38.6 Å². The van der Waals surface area contributed by atoms with Crippen LogP contribution in [0.5, 0.6) is 11.5 Å². The Bertz CT molecular complexity index is 906. The van der Waals surface area contributed by atoms with Crippen LogP contribution in [-0.4, -0.2) is 31.7 Å². The molecule has 1 amide bonds. The molecule has 0 aliphatic rings. The molecule has 0 bridgehead atoms. The number of benzene rings is 2. The van der Waals surface area contributed by atoms with Crippen LogP contribution in [0.4, 0.5) is 11.4 Å². The average molecular weight is 351 g/mol. The topological polar surface area (TPSA) is 72.5 Å². The maximum atomic E-state index is 12.2. The Morgan fingerprint density at radius 3 is 2.69 bits per heavy atom. The van der Waals surface area contributed by atoms with Crippen molar-refractivity contribution in [2.75, 3.05) is 31.4 Å². The molecule has 0 aliphatic heterocycles. The number of carbonyl (C=O) groups excluding carboxylic acids is 1.